The molecule has 0 N–H and O–H groups in total. The second-order valence-electron chi connectivity index (χ2n) is 11.4. The van der Waals surface area contributed by atoms with Crippen LogP contribution in [0, 0.1) is 12.8 Å². The average molecular weight is 550 g/mol. The van der Waals surface area contributed by atoms with Gasteiger partial charge in [-0.1, -0.05) is 104 Å². The standard InChI is InChI=1S/C38H35N3O/c1-3-32-33-23-22-28(37(42)36(33)40-24-14-13-21-35(32)40)25-34-27(2)41(26-39-34)38(29-15-7-4-8-16-29,30-17-9-5-10-18-30)31-19-11-6-12-20-31/h4-21,24,26,28H,3,22-23,25H2,1-2H3. The van der Waals surface area contributed by atoms with Gasteiger partial charge in [-0.2, -0.15) is 0 Å². The van der Waals surface area contributed by atoms with E-state index in [1.165, 1.54) is 27.8 Å². The molecule has 6 aromatic rings. The number of benzene rings is 3. The third-order valence-electron chi connectivity index (χ3n) is 9.24. The molecule has 7 rings (SSSR count). The first-order valence-corrected chi connectivity index (χ1v) is 15.0. The maximum Gasteiger partial charge on any atom is 0.183 e. The summed E-state index contributed by atoms with van der Waals surface area (Å²) in [7, 11) is 0. The predicted molar refractivity (Wildman–Crippen MR) is 168 cm³/mol. The molecule has 3 heterocycles. The largest absolute Gasteiger partial charge is 0.316 e. The molecule has 1 unspecified atom stereocenters. The van der Waals surface area contributed by atoms with Gasteiger partial charge in [-0.05, 0) is 66.1 Å². The minimum atomic E-state index is -0.614. The molecule has 0 amide bonds. The van der Waals surface area contributed by atoms with Gasteiger partial charge in [-0.3, -0.25) is 4.79 Å². The second kappa shape index (κ2) is 10.6. The van der Waals surface area contributed by atoms with E-state index < -0.39 is 5.54 Å². The van der Waals surface area contributed by atoms with Crippen LogP contribution in [0.15, 0.2) is 122 Å². The highest BCUT2D eigenvalue weighted by Gasteiger charge is 2.40. The Labute approximate surface area is 247 Å². The molecule has 1 aliphatic rings. The van der Waals surface area contributed by atoms with Gasteiger partial charge >= 0.3 is 0 Å². The van der Waals surface area contributed by atoms with E-state index in [2.05, 4.69) is 126 Å². The van der Waals surface area contributed by atoms with Crippen molar-refractivity contribution >= 4 is 11.3 Å². The first-order valence-electron chi connectivity index (χ1n) is 15.0. The van der Waals surface area contributed by atoms with Crippen LogP contribution in [0.1, 0.15) is 63.0 Å². The highest BCUT2D eigenvalue weighted by Crippen LogP contribution is 2.42. The maximum atomic E-state index is 14.1. The number of pyridine rings is 1. The summed E-state index contributed by atoms with van der Waals surface area (Å²) in [5.41, 5.74) is 9.55. The normalized spacial score (nSPS) is 15.2. The molecule has 0 radical (unpaired) electrons. The van der Waals surface area contributed by atoms with Crippen molar-refractivity contribution in [2.24, 2.45) is 5.92 Å². The van der Waals surface area contributed by atoms with Gasteiger partial charge in [0.15, 0.2) is 5.78 Å². The zero-order valence-electron chi connectivity index (χ0n) is 24.2. The Morgan fingerprint density at radius 2 is 1.38 bits per heavy atom. The molecule has 42 heavy (non-hydrogen) atoms. The summed E-state index contributed by atoms with van der Waals surface area (Å²) in [6, 6.07) is 38.3. The fraction of sp³-hybridized carbons (Fsp3) is 0.211. The van der Waals surface area contributed by atoms with E-state index in [1.807, 2.05) is 18.6 Å². The van der Waals surface area contributed by atoms with Gasteiger partial charge in [0.05, 0.1) is 17.7 Å². The van der Waals surface area contributed by atoms with Gasteiger partial charge < -0.3 is 8.97 Å². The van der Waals surface area contributed by atoms with Crippen LogP contribution in [0.4, 0.5) is 0 Å². The van der Waals surface area contributed by atoms with Gasteiger partial charge in [-0.25, -0.2) is 4.98 Å². The number of ketones is 1. The quantitative estimate of drug-likeness (QED) is 0.190. The van der Waals surface area contributed by atoms with E-state index in [0.717, 1.165) is 41.9 Å². The molecule has 208 valence electrons. The molecule has 3 aromatic heterocycles. The Morgan fingerprint density at radius 1 is 0.810 bits per heavy atom. The Hall–Kier alpha value is -4.70. The van der Waals surface area contributed by atoms with E-state index in [9.17, 15) is 4.79 Å². The van der Waals surface area contributed by atoms with Crippen LogP contribution < -0.4 is 0 Å². The van der Waals surface area contributed by atoms with Gasteiger partial charge in [0, 0.05) is 29.7 Å². The van der Waals surface area contributed by atoms with Crippen molar-refractivity contribution in [3.8, 4) is 0 Å². The first-order chi connectivity index (χ1) is 20.6. The fourth-order valence-electron chi connectivity index (χ4n) is 7.27. The van der Waals surface area contributed by atoms with Crippen molar-refractivity contribution in [1.29, 1.82) is 0 Å². The summed E-state index contributed by atoms with van der Waals surface area (Å²) >= 11 is 0. The van der Waals surface area contributed by atoms with Crippen LogP contribution in [0.3, 0.4) is 0 Å². The van der Waals surface area contributed by atoms with Crippen molar-refractivity contribution in [3.63, 3.8) is 0 Å². The third kappa shape index (κ3) is 3.97. The number of imidazole rings is 1. The van der Waals surface area contributed by atoms with E-state index in [4.69, 9.17) is 4.98 Å². The number of nitrogens with zero attached hydrogens (tertiary/aromatic N) is 3. The molecule has 0 fully saturated rings. The van der Waals surface area contributed by atoms with E-state index in [0.29, 0.717) is 6.42 Å². The van der Waals surface area contributed by atoms with E-state index in [-0.39, 0.29) is 11.7 Å². The lowest BCUT2D eigenvalue weighted by Crippen LogP contribution is -2.38. The smallest absolute Gasteiger partial charge is 0.183 e. The number of aryl methyl sites for hydroxylation is 1. The topological polar surface area (TPSA) is 39.3 Å². The summed E-state index contributed by atoms with van der Waals surface area (Å²) in [5, 5.41) is 0. The highest BCUT2D eigenvalue weighted by molar-refractivity contribution is 6.01. The van der Waals surface area contributed by atoms with E-state index >= 15 is 0 Å². The van der Waals surface area contributed by atoms with Crippen molar-refractivity contribution < 1.29 is 4.79 Å². The van der Waals surface area contributed by atoms with Crippen molar-refractivity contribution in [2.75, 3.05) is 0 Å². The minimum absolute atomic E-state index is 0.0952. The van der Waals surface area contributed by atoms with Crippen LogP contribution >= 0.6 is 0 Å². The summed E-state index contributed by atoms with van der Waals surface area (Å²) in [4.78, 5) is 19.1. The molecule has 0 saturated heterocycles. The summed E-state index contributed by atoms with van der Waals surface area (Å²) in [6.45, 7) is 4.35. The Bertz CT molecular complexity index is 1770. The zero-order valence-corrected chi connectivity index (χ0v) is 24.2. The number of hydrogen-bond acceptors (Lipinski definition) is 2. The van der Waals surface area contributed by atoms with Crippen molar-refractivity contribution in [2.45, 2.75) is 45.1 Å². The monoisotopic (exact) mass is 549 g/mol. The lowest BCUT2D eigenvalue weighted by molar-refractivity contribution is 0.0894. The summed E-state index contributed by atoms with van der Waals surface area (Å²) in [6.07, 6.45) is 7.37. The van der Waals surface area contributed by atoms with Crippen LogP contribution in [0.2, 0.25) is 0 Å². The second-order valence-corrected chi connectivity index (χ2v) is 11.4. The molecule has 3 aromatic carbocycles. The predicted octanol–water partition coefficient (Wildman–Crippen LogP) is 7.83. The molecule has 1 aliphatic carbocycles. The first kappa shape index (κ1) is 26.2. The molecular formula is C38H35N3O. The number of fused-ring (bicyclic) bond motifs is 3. The van der Waals surface area contributed by atoms with Gasteiger partial charge in [-0.15, -0.1) is 0 Å². The number of rotatable bonds is 7. The molecular weight excluding hydrogens is 514 g/mol. The minimum Gasteiger partial charge on any atom is -0.316 e. The highest BCUT2D eigenvalue weighted by atomic mass is 16.1. The number of carbonyl (C=O) groups is 1. The summed E-state index contributed by atoms with van der Waals surface area (Å²) < 4.78 is 4.45. The zero-order chi connectivity index (χ0) is 28.7. The van der Waals surface area contributed by atoms with Gasteiger partial charge in [0.2, 0.25) is 0 Å². The van der Waals surface area contributed by atoms with E-state index in [1.54, 1.807) is 0 Å². The van der Waals surface area contributed by atoms with Gasteiger partial charge in [0.1, 0.15) is 5.54 Å². The lowest BCUT2D eigenvalue weighted by Gasteiger charge is -2.38. The number of aromatic nitrogens is 3. The number of carbonyl (C=O) groups excluding carboxylic acids is 1. The number of hydrogen-bond donors (Lipinski definition) is 0. The Balaban J connectivity index is 1.34. The number of Topliss-reactive ketones (excluding diaryl/α,β-unsaturated/α-hetero) is 1. The summed E-state index contributed by atoms with van der Waals surface area (Å²) in [5.74, 6) is 0.147. The van der Waals surface area contributed by atoms with Crippen molar-refractivity contribution in [3.05, 3.63) is 167 Å². The van der Waals surface area contributed by atoms with Crippen LogP contribution in [-0.4, -0.2) is 19.7 Å². The van der Waals surface area contributed by atoms with Crippen LogP contribution in [-0.2, 0) is 24.8 Å². The molecule has 4 heteroatoms. The molecule has 4 nitrogen and oxygen atoms in total. The Morgan fingerprint density at radius 3 is 1.95 bits per heavy atom. The molecule has 1 atom stereocenters. The molecule has 0 saturated carbocycles. The molecule has 0 spiro atoms. The SMILES string of the molecule is CCc1c2c(n3ccccc13)C(=O)C(Cc1ncn(C(c3ccccc3)(c3ccccc3)c3ccccc3)c1C)CC2. The molecule has 0 aliphatic heterocycles. The van der Waals surface area contributed by atoms with Crippen LogP contribution in [0.25, 0.3) is 5.52 Å². The third-order valence-corrected chi connectivity index (χ3v) is 9.24. The maximum absolute atomic E-state index is 14.1. The van der Waals surface area contributed by atoms with Gasteiger partial charge in [0.25, 0.3) is 0 Å². The van der Waals surface area contributed by atoms with Crippen LogP contribution in [0.5, 0.6) is 0 Å². The fourth-order valence-corrected chi connectivity index (χ4v) is 7.27. The molecule has 0 bridgehead atoms. The Kier molecular flexibility index (Phi) is 6.62. The average Bonchev–Trinajstić information content (AvgIpc) is 3.58. The van der Waals surface area contributed by atoms with Crippen molar-refractivity contribution in [1.82, 2.24) is 14.0 Å². The lowest BCUT2D eigenvalue weighted by atomic mass is 9.76.